The molecule has 0 aromatic heterocycles. The van der Waals surface area contributed by atoms with Crippen molar-refractivity contribution in [2.24, 2.45) is 5.73 Å². The van der Waals surface area contributed by atoms with Crippen LogP contribution in [0.5, 0.6) is 0 Å². The molecule has 1 fully saturated rings. The van der Waals surface area contributed by atoms with Crippen LogP contribution in [-0.2, 0) is 21.2 Å². The molecule has 0 saturated carbocycles. The summed E-state index contributed by atoms with van der Waals surface area (Å²) >= 11 is 0. The van der Waals surface area contributed by atoms with E-state index in [-0.39, 0.29) is 24.0 Å². The van der Waals surface area contributed by atoms with Crippen molar-refractivity contribution in [2.45, 2.75) is 13.0 Å². The van der Waals surface area contributed by atoms with Gasteiger partial charge in [0.25, 0.3) is 0 Å². The number of hydrogen-bond acceptors (Lipinski definition) is 5. The molecule has 0 unspecified atom stereocenters. The molecule has 1 amide bonds. The van der Waals surface area contributed by atoms with Crippen LogP contribution in [-0.4, -0.2) is 50.4 Å². The van der Waals surface area contributed by atoms with Gasteiger partial charge in [0.1, 0.15) is 0 Å². The summed E-state index contributed by atoms with van der Waals surface area (Å²) in [5.41, 5.74) is 7.25. The molecule has 1 aliphatic heterocycles. The Kier molecular flexibility index (Phi) is 5.33. The van der Waals surface area contributed by atoms with Gasteiger partial charge in [0, 0.05) is 18.8 Å². The number of anilines is 1. The molecule has 0 aliphatic carbocycles. The van der Waals surface area contributed by atoms with Crippen LogP contribution in [0.15, 0.2) is 24.3 Å². The quantitative estimate of drug-likeness (QED) is 0.829. The third-order valence-corrected chi connectivity index (χ3v) is 5.20. The molecular weight excluding hydrogens is 290 g/mol. The van der Waals surface area contributed by atoms with Crippen LogP contribution in [0.4, 0.5) is 5.69 Å². The Hall–Kier alpha value is -1.44. The Bertz CT molecular complexity index is 584. The number of sulfone groups is 1. The summed E-state index contributed by atoms with van der Waals surface area (Å²) in [6.45, 7) is 1.74. The SMILES string of the molecule is NCc1ccc(NC(=O)CN2CCCS(=O)(=O)CC2)cc1. The highest BCUT2D eigenvalue weighted by Crippen LogP contribution is 2.10. The van der Waals surface area contributed by atoms with Gasteiger partial charge in [-0.05, 0) is 30.7 Å². The molecule has 1 saturated heterocycles. The van der Waals surface area contributed by atoms with E-state index in [4.69, 9.17) is 5.73 Å². The van der Waals surface area contributed by atoms with Crippen LogP contribution in [0.3, 0.4) is 0 Å². The summed E-state index contributed by atoms with van der Waals surface area (Å²) in [5, 5.41) is 2.81. The third kappa shape index (κ3) is 5.11. The second-order valence-corrected chi connectivity index (χ2v) is 7.53. The standard InChI is InChI=1S/C14H21N3O3S/c15-10-12-2-4-13(5-3-12)16-14(18)11-17-6-1-8-21(19,20)9-7-17/h2-5H,1,6-11,15H2,(H,16,18). The van der Waals surface area contributed by atoms with E-state index in [1.807, 2.05) is 29.2 Å². The van der Waals surface area contributed by atoms with Gasteiger partial charge in [-0.15, -0.1) is 0 Å². The minimum absolute atomic E-state index is 0.130. The first-order valence-electron chi connectivity index (χ1n) is 7.00. The Morgan fingerprint density at radius 1 is 1.19 bits per heavy atom. The number of rotatable bonds is 4. The monoisotopic (exact) mass is 311 g/mol. The van der Waals surface area contributed by atoms with Gasteiger partial charge in [-0.2, -0.15) is 0 Å². The zero-order valence-electron chi connectivity index (χ0n) is 11.9. The zero-order chi connectivity index (χ0) is 15.3. The van der Waals surface area contributed by atoms with E-state index in [9.17, 15) is 13.2 Å². The largest absolute Gasteiger partial charge is 0.326 e. The van der Waals surface area contributed by atoms with Crippen LogP contribution in [0, 0.1) is 0 Å². The number of hydrogen-bond donors (Lipinski definition) is 2. The predicted octanol–water partition coefficient (Wildman–Crippen LogP) is 0.204. The number of benzene rings is 1. The lowest BCUT2D eigenvalue weighted by Crippen LogP contribution is -2.35. The Labute approximate surface area is 125 Å². The van der Waals surface area contributed by atoms with E-state index in [0.717, 1.165) is 11.3 Å². The molecule has 2 rings (SSSR count). The third-order valence-electron chi connectivity index (χ3n) is 3.49. The first-order valence-corrected chi connectivity index (χ1v) is 8.82. The maximum absolute atomic E-state index is 12.0. The first-order chi connectivity index (χ1) is 9.98. The van der Waals surface area contributed by atoms with E-state index in [1.165, 1.54) is 0 Å². The summed E-state index contributed by atoms with van der Waals surface area (Å²) in [6.07, 6.45) is 0.584. The highest BCUT2D eigenvalue weighted by atomic mass is 32.2. The van der Waals surface area contributed by atoms with Gasteiger partial charge >= 0.3 is 0 Å². The lowest BCUT2D eigenvalue weighted by Gasteiger charge is -2.18. The second kappa shape index (κ2) is 7.02. The second-order valence-electron chi connectivity index (χ2n) is 5.23. The summed E-state index contributed by atoms with van der Waals surface area (Å²) in [7, 11) is -2.94. The van der Waals surface area contributed by atoms with Crippen molar-refractivity contribution in [3.63, 3.8) is 0 Å². The molecule has 0 spiro atoms. The fraction of sp³-hybridized carbons (Fsp3) is 0.500. The maximum Gasteiger partial charge on any atom is 0.238 e. The molecule has 3 N–H and O–H groups in total. The average Bonchev–Trinajstić information content (AvgIpc) is 2.61. The van der Waals surface area contributed by atoms with Gasteiger partial charge in [0.05, 0.1) is 18.1 Å². The van der Waals surface area contributed by atoms with E-state index in [2.05, 4.69) is 5.32 Å². The van der Waals surface area contributed by atoms with E-state index < -0.39 is 9.84 Å². The molecule has 0 bridgehead atoms. The fourth-order valence-electron chi connectivity index (χ4n) is 2.28. The minimum atomic E-state index is -2.94. The van der Waals surface area contributed by atoms with Crippen molar-refractivity contribution in [3.8, 4) is 0 Å². The first kappa shape index (κ1) is 15.9. The summed E-state index contributed by atoms with van der Waals surface area (Å²) < 4.78 is 23.0. The molecule has 116 valence electrons. The van der Waals surface area contributed by atoms with Crippen molar-refractivity contribution in [3.05, 3.63) is 29.8 Å². The van der Waals surface area contributed by atoms with E-state index >= 15 is 0 Å². The van der Waals surface area contributed by atoms with Crippen LogP contribution in [0.1, 0.15) is 12.0 Å². The maximum atomic E-state index is 12.0. The summed E-state index contributed by atoms with van der Waals surface area (Å²) in [5.74, 6) is 0.215. The molecule has 1 aromatic rings. The van der Waals surface area contributed by atoms with Crippen LogP contribution in [0.25, 0.3) is 0 Å². The average molecular weight is 311 g/mol. The van der Waals surface area contributed by atoms with Crippen LogP contribution < -0.4 is 11.1 Å². The highest BCUT2D eigenvalue weighted by Gasteiger charge is 2.20. The zero-order valence-corrected chi connectivity index (χ0v) is 12.7. The van der Waals surface area contributed by atoms with E-state index in [0.29, 0.717) is 26.1 Å². The normalized spacial score (nSPS) is 18.9. The number of nitrogens with zero attached hydrogens (tertiary/aromatic N) is 1. The van der Waals surface area contributed by atoms with Crippen molar-refractivity contribution in [1.82, 2.24) is 4.90 Å². The Balaban J connectivity index is 1.86. The molecule has 1 heterocycles. The molecule has 1 aliphatic rings. The van der Waals surface area contributed by atoms with Crippen molar-refractivity contribution in [1.29, 1.82) is 0 Å². The van der Waals surface area contributed by atoms with Gasteiger partial charge in [0.15, 0.2) is 9.84 Å². The van der Waals surface area contributed by atoms with E-state index in [1.54, 1.807) is 0 Å². The lowest BCUT2D eigenvalue weighted by molar-refractivity contribution is -0.117. The molecule has 0 radical (unpaired) electrons. The lowest BCUT2D eigenvalue weighted by atomic mass is 10.2. The number of nitrogens with one attached hydrogen (secondary N) is 1. The summed E-state index contributed by atoms with van der Waals surface area (Å²) in [6, 6.07) is 7.36. The number of amides is 1. The smallest absolute Gasteiger partial charge is 0.238 e. The minimum Gasteiger partial charge on any atom is -0.326 e. The van der Waals surface area contributed by atoms with Crippen molar-refractivity contribution >= 4 is 21.4 Å². The van der Waals surface area contributed by atoms with Crippen molar-refractivity contribution < 1.29 is 13.2 Å². The van der Waals surface area contributed by atoms with Crippen LogP contribution in [0.2, 0.25) is 0 Å². The molecule has 1 aromatic carbocycles. The molecule has 21 heavy (non-hydrogen) atoms. The molecule has 7 heteroatoms. The number of carbonyl (C=O) groups is 1. The summed E-state index contributed by atoms with van der Waals surface area (Å²) in [4.78, 5) is 13.9. The fourth-order valence-corrected chi connectivity index (χ4v) is 3.59. The predicted molar refractivity (Wildman–Crippen MR) is 82.7 cm³/mol. The van der Waals surface area contributed by atoms with Gasteiger partial charge in [0.2, 0.25) is 5.91 Å². The Morgan fingerprint density at radius 2 is 1.90 bits per heavy atom. The van der Waals surface area contributed by atoms with Crippen molar-refractivity contribution in [2.75, 3.05) is 36.5 Å². The molecule has 6 nitrogen and oxygen atoms in total. The Morgan fingerprint density at radius 3 is 2.57 bits per heavy atom. The highest BCUT2D eigenvalue weighted by molar-refractivity contribution is 7.91. The molecule has 0 atom stereocenters. The topological polar surface area (TPSA) is 92.5 Å². The molecular formula is C14H21N3O3S. The number of nitrogens with two attached hydrogens (primary N) is 1. The van der Waals surface area contributed by atoms with Gasteiger partial charge in [-0.1, -0.05) is 12.1 Å². The van der Waals surface area contributed by atoms with Gasteiger partial charge in [-0.25, -0.2) is 8.42 Å². The van der Waals surface area contributed by atoms with Gasteiger partial charge in [-0.3, -0.25) is 9.69 Å². The van der Waals surface area contributed by atoms with Gasteiger partial charge < -0.3 is 11.1 Å². The number of carbonyl (C=O) groups excluding carboxylic acids is 1. The van der Waals surface area contributed by atoms with Crippen LogP contribution >= 0.6 is 0 Å².